The first-order chi connectivity index (χ1) is 12.4. The molecule has 1 atom stereocenters. The number of rotatable bonds is 4. The maximum absolute atomic E-state index is 12.3. The molecule has 1 aliphatic heterocycles. The Labute approximate surface area is 152 Å². The molecular weight excluding hydrogens is 354 g/mol. The van der Waals surface area contributed by atoms with Gasteiger partial charge in [0.05, 0.1) is 4.90 Å². The van der Waals surface area contributed by atoms with Gasteiger partial charge < -0.3 is 9.64 Å². The highest BCUT2D eigenvalue weighted by atomic mass is 32.2. The summed E-state index contributed by atoms with van der Waals surface area (Å²) in [5, 5.41) is 0. The molecule has 0 radical (unpaired) electrons. The molecule has 2 aromatic rings. The molecule has 3 rings (SSSR count). The molecule has 1 N–H and O–H groups in total. The molecule has 0 saturated carbocycles. The monoisotopic (exact) mass is 373 g/mol. The molecule has 0 saturated heterocycles. The quantitative estimate of drug-likeness (QED) is 0.889. The van der Waals surface area contributed by atoms with Crippen molar-refractivity contribution in [1.82, 2.24) is 9.62 Å². The third-order valence-electron chi connectivity index (χ3n) is 3.98. The predicted molar refractivity (Wildman–Crippen MR) is 97.4 cm³/mol. The van der Waals surface area contributed by atoms with Crippen molar-refractivity contribution in [2.24, 2.45) is 4.99 Å². The summed E-state index contributed by atoms with van der Waals surface area (Å²) in [4.78, 5) is 17.9. The SMILES string of the molecule is Cc1ccc(S(=O)(=O)NC(=O)N(C)C2COC(c3ccccc3)=N2)cc1. The van der Waals surface area contributed by atoms with E-state index in [0.29, 0.717) is 5.90 Å². The fourth-order valence-electron chi connectivity index (χ4n) is 2.40. The molecule has 0 aromatic heterocycles. The van der Waals surface area contributed by atoms with Crippen LogP contribution in [0.1, 0.15) is 11.1 Å². The summed E-state index contributed by atoms with van der Waals surface area (Å²) in [7, 11) is -2.47. The van der Waals surface area contributed by atoms with Crippen LogP contribution in [0.4, 0.5) is 4.79 Å². The Morgan fingerprint density at radius 3 is 2.46 bits per heavy atom. The van der Waals surface area contributed by atoms with Crippen LogP contribution in [-0.4, -0.2) is 45.1 Å². The van der Waals surface area contributed by atoms with E-state index in [-0.39, 0.29) is 11.5 Å². The van der Waals surface area contributed by atoms with E-state index in [0.717, 1.165) is 11.1 Å². The molecule has 0 spiro atoms. The Morgan fingerprint density at radius 1 is 1.15 bits per heavy atom. The molecule has 2 amide bonds. The number of nitrogens with one attached hydrogen (secondary N) is 1. The lowest BCUT2D eigenvalue weighted by Crippen LogP contribution is -2.45. The van der Waals surface area contributed by atoms with E-state index in [1.165, 1.54) is 24.1 Å². The lowest BCUT2D eigenvalue weighted by atomic mass is 10.2. The van der Waals surface area contributed by atoms with Gasteiger partial charge in [-0.1, -0.05) is 35.9 Å². The Balaban J connectivity index is 1.70. The van der Waals surface area contributed by atoms with Crippen molar-refractivity contribution >= 4 is 22.0 Å². The standard InChI is InChI=1S/C18H19N3O4S/c1-13-8-10-15(11-9-13)26(23,24)20-18(22)21(2)16-12-25-17(19-16)14-6-4-3-5-7-14/h3-11,16H,12H2,1-2H3,(H,20,22). The van der Waals surface area contributed by atoms with Crippen LogP contribution in [0, 0.1) is 6.92 Å². The van der Waals surface area contributed by atoms with Crippen molar-refractivity contribution in [1.29, 1.82) is 0 Å². The van der Waals surface area contributed by atoms with Gasteiger partial charge in [0.1, 0.15) is 6.61 Å². The second kappa shape index (κ2) is 7.17. The molecule has 1 unspecified atom stereocenters. The van der Waals surface area contributed by atoms with Crippen LogP contribution < -0.4 is 4.72 Å². The predicted octanol–water partition coefficient (Wildman–Crippen LogP) is 2.13. The highest BCUT2D eigenvalue weighted by molar-refractivity contribution is 7.90. The Bertz CT molecular complexity index is 925. The second-order valence-corrected chi connectivity index (χ2v) is 7.61. The number of ether oxygens (including phenoxy) is 1. The van der Waals surface area contributed by atoms with E-state index in [1.807, 2.05) is 37.3 Å². The number of carbonyl (C=O) groups is 1. The number of hydrogen-bond donors (Lipinski definition) is 1. The molecule has 2 aromatic carbocycles. The number of hydrogen-bond acceptors (Lipinski definition) is 5. The Morgan fingerprint density at radius 2 is 1.81 bits per heavy atom. The van der Waals surface area contributed by atoms with E-state index in [2.05, 4.69) is 9.71 Å². The number of aryl methyl sites for hydroxylation is 1. The highest BCUT2D eigenvalue weighted by Crippen LogP contribution is 2.15. The maximum atomic E-state index is 12.3. The first-order valence-corrected chi connectivity index (χ1v) is 9.47. The number of likely N-dealkylation sites (N-methyl/N-ethyl adjacent to an activating group) is 1. The van der Waals surface area contributed by atoms with Crippen LogP contribution in [0.25, 0.3) is 0 Å². The van der Waals surface area contributed by atoms with Gasteiger partial charge in [0, 0.05) is 12.6 Å². The topological polar surface area (TPSA) is 88.1 Å². The molecule has 0 bridgehead atoms. The number of nitrogens with zero attached hydrogens (tertiary/aromatic N) is 2. The summed E-state index contributed by atoms with van der Waals surface area (Å²) in [5.74, 6) is 0.427. The van der Waals surface area contributed by atoms with Gasteiger partial charge in [0.15, 0.2) is 6.17 Å². The van der Waals surface area contributed by atoms with E-state index < -0.39 is 22.2 Å². The number of carbonyl (C=O) groups excluding carboxylic acids is 1. The second-order valence-electron chi connectivity index (χ2n) is 5.93. The van der Waals surface area contributed by atoms with Crippen LogP contribution in [-0.2, 0) is 14.8 Å². The maximum Gasteiger partial charge on any atom is 0.332 e. The van der Waals surface area contributed by atoms with Gasteiger partial charge in [-0.3, -0.25) is 0 Å². The molecule has 136 valence electrons. The zero-order chi connectivity index (χ0) is 18.7. The normalized spacial score (nSPS) is 16.5. The van der Waals surface area contributed by atoms with Gasteiger partial charge in [-0.05, 0) is 31.2 Å². The average molecular weight is 373 g/mol. The largest absolute Gasteiger partial charge is 0.473 e. The van der Waals surface area contributed by atoms with Crippen molar-refractivity contribution in [2.75, 3.05) is 13.7 Å². The van der Waals surface area contributed by atoms with Crippen LogP contribution in [0.2, 0.25) is 0 Å². The van der Waals surface area contributed by atoms with Crippen molar-refractivity contribution < 1.29 is 17.9 Å². The average Bonchev–Trinajstić information content (AvgIpc) is 3.12. The van der Waals surface area contributed by atoms with Gasteiger partial charge in [0.2, 0.25) is 5.90 Å². The van der Waals surface area contributed by atoms with Gasteiger partial charge in [-0.15, -0.1) is 0 Å². The van der Waals surface area contributed by atoms with Crippen molar-refractivity contribution in [3.05, 3.63) is 65.7 Å². The van der Waals surface area contributed by atoms with Gasteiger partial charge in [0.25, 0.3) is 10.0 Å². The van der Waals surface area contributed by atoms with Crippen LogP contribution in [0.3, 0.4) is 0 Å². The number of amides is 2. The molecule has 0 fully saturated rings. The summed E-state index contributed by atoms with van der Waals surface area (Å²) in [6.07, 6.45) is -0.599. The zero-order valence-electron chi connectivity index (χ0n) is 14.4. The minimum atomic E-state index is -3.95. The van der Waals surface area contributed by atoms with Crippen LogP contribution in [0.15, 0.2) is 64.5 Å². The fourth-order valence-corrected chi connectivity index (χ4v) is 3.39. The van der Waals surface area contributed by atoms with E-state index >= 15 is 0 Å². The number of aliphatic imine (C=N–C) groups is 1. The molecule has 1 heterocycles. The number of sulfonamides is 1. The zero-order valence-corrected chi connectivity index (χ0v) is 15.2. The molecule has 0 aliphatic carbocycles. The molecule has 1 aliphatic rings. The summed E-state index contributed by atoms with van der Waals surface area (Å²) in [6.45, 7) is 2.02. The first-order valence-electron chi connectivity index (χ1n) is 7.99. The third-order valence-corrected chi connectivity index (χ3v) is 5.31. The number of benzene rings is 2. The molecule has 7 nitrogen and oxygen atoms in total. The summed E-state index contributed by atoms with van der Waals surface area (Å²) in [5.41, 5.74) is 1.73. The van der Waals surface area contributed by atoms with Gasteiger partial charge in [-0.25, -0.2) is 22.9 Å². The lowest BCUT2D eigenvalue weighted by Gasteiger charge is -2.21. The minimum absolute atomic E-state index is 0.0287. The Kier molecular flexibility index (Phi) is 4.94. The minimum Gasteiger partial charge on any atom is -0.473 e. The smallest absolute Gasteiger partial charge is 0.332 e. The summed E-state index contributed by atoms with van der Waals surface area (Å²) in [6, 6.07) is 14.8. The van der Waals surface area contributed by atoms with Gasteiger partial charge in [-0.2, -0.15) is 0 Å². The van der Waals surface area contributed by atoms with Crippen LogP contribution >= 0.6 is 0 Å². The third kappa shape index (κ3) is 3.85. The fraction of sp³-hybridized carbons (Fsp3) is 0.222. The van der Waals surface area contributed by atoms with E-state index in [1.54, 1.807) is 12.1 Å². The molecule has 26 heavy (non-hydrogen) atoms. The lowest BCUT2D eigenvalue weighted by molar-refractivity contribution is 0.180. The first kappa shape index (κ1) is 17.9. The van der Waals surface area contributed by atoms with Crippen molar-refractivity contribution in [3.63, 3.8) is 0 Å². The van der Waals surface area contributed by atoms with E-state index in [4.69, 9.17) is 4.74 Å². The Hall–Kier alpha value is -2.87. The highest BCUT2D eigenvalue weighted by Gasteiger charge is 2.29. The molecular formula is C18H19N3O4S. The summed E-state index contributed by atoms with van der Waals surface area (Å²) >= 11 is 0. The van der Waals surface area contributed by atoms with Crippen molar-refractivity contribution in [3.8, 4) is 0 Å². The summed E-state index contributed by atoms with van der Waals surface area (Å²) < 4.78 is 32.3. The molecule has 8 heteroatoms. The van der Waals surface area contributed by atoms with Crippen LogP contribution in [0.5, 0.6) is 0 Å². The van der Waals surface area contributed by atoms with Crippen molar-refractivity contribution in [2.45, 2.75) is 18.0 Å². The van der Waals surface area contributed by atoms with E-state index in [9.17, 15) is 13.2 Å². The van der Waals surface area contributed by atoms with Gasteiger partial charge >= 0.3 is 6.03 Å². The number of urea groups is 1.